The SMILES string of the molecule is CCCn1cc(N)cc1C(=O)N(C)c1cc(C)cc(C)c1. The molecule has 1 aromatic heterocycles. The molecule has 0 aliphatic carbocycles. The fourth-order valence-electron chi connectivity index (χ4n) is 2.57. The van der Waals surface area contributed by atoms with Crippen LogP contribution >= 0.6 is 0 Å². The van der Waals surface area contributed by atoms with Crippen molar-refractivity contribution in [2.24, 2.45) is 0 Å². The van der Waals surface area contributed by atoms with Gasteiger partial charge in [-0.15, -0.1) is 0 Å². The van der Waals surface area contributed by atoms with E-state index in [2.05, 4.69) is 13.0 Å². The molecule has 0 radical (unpaired) electrons. The summed E-state index contributed by atoms with van der Waals surface area (Å²) in [6, 6.07) is 7.87. The minimum absolute atomic E-state index is 0.0369. The molecule has 112 valence electrons. The Bertz CT molecular complexity index is 638. The van der Waals surface area contributed by atoms with Gasteiger partial charge in [0.1, 0.15) is 5.69 Å². The van der Waals surface area contributed by atoms with Gasteiger partial charge in [0.2, 0.25) is 0 Å². The number of carbonyl (C=O) groups is 1. The predicted molar refractivity (Wildman–Crippen MR) is 87.8 cm³/mol. The Balaban J connectivity index is 2.34. The molecule has 0 fully saturated rings. The van der Waals surface area contributed by atoms with Crippen molar-refractivity contribution >= 4 is 17.3 Å². The van der Waals surface area contributed by atoms with E-state index >= 15 is 0 Å². The van der Waals surface area contributed by atoms with Crippen molar-refractivity contribution in [1.82, 2.24) is 4.57 Å². The summed E-state index contributed by atoms with van der Waals surface area (Å²) in [5.74, 6) is -0.0369. The van der Waals surface area contributed by atoms with Gasteiger partial charge in [-0.05, 0) is 49.6 Å². The summed E-state index contributed by atoms with van der Waals surface area (Å²) in [5.41, 5.74) is 10.3. The second-order valence-corrected chi connectivity index (χ2v) is 5.56. The van der Waals surface area contributed by atoms with Crippen molar-refractivity contribution in [2.75, 3.05) is 17.7 Å². The van der Waals surface area contributed by atoms with Gasteiger partial charge in [-0.3, -0.25) is 4.79 Å². The second-order valence-electron chi connectivity index (χ2n) is 5.56. The van der Waals surface area contributed by atoms with Crippen LogP contribution in [0.5, 0.6) is 0 Å². The third-order valence-corrected chi connectivity index (χ3v) is 3.50. The van der Waals surface area contributed by atoms with E-state index in [0.29, 0.717) is 11.4 Å². The average Bonchev–Trinajstić information content (AvgIpc) is 2.77. The fraction of sp³-hybridized carbons (Fsp3) is 0.353. The lowest BCUT2D eigenvalue weighted by atomic mass is 10.1. The van der Waals surface area contributed by atoms with E-state index < -0.39 is 0 Å². The normalized spacial score (nSPS) is 10.7. The Labute approximate surface area is 126 Å². The number of aryl methyl sites for hydroxylation is 3. The van der Waals surface area contributed by atoms with Crippen molar-refractivity contribution in [3.8, 4) is 0 Å². The van der Waals surface area contributed by atoms with Crippen LogP contribution in [0.15, 0.2) is 30.5 Å². The highest BCUT2D eigenvalue weighted by Crippen LogP contribution is 2.21. The molecule has 0 unspecified atom stereocenters. The van der Waals surface area contributed by atoms with E-state index in [9.17, 15) is 4.79 Å². The zero-order valence-electron chi connectivity index (χ0n) is 13.2. The summed E-state index contributed by atoms with van der Waals surface area (Å²) < 4.78 is 1.93. The van der Waals surface area contributed by atoms with Gasteiger partial charge in [0.05, 0.1) is 5.69 Å². The lowest BCUT2D eigenvalue weighted by molar-refractivity contribution is 0.0984. The highest BCUT2D eigenvalue weighted by atomic mass is 16.2. The number of amides is 1. The highest BCUT2D eigenvalue weighted by Gasteiger charge is 2.18. The quantitative estimate of drug-likeness (QED) is 0.936. The van der Waals surface area contributed by atoms with E-state index in [1.54, 1.807) is 18.0 Å². The van der Waals surface area contributed by atoms with Crippen LogP contribution in [0.2, 0.25) is 0 Å². The third kappa shape index (κ3) is 3.27. The highest BCUT2D eigenvalue weighted by molar-refractivity contribution is 6.05. The maximum Gasteiger partial charge on any atom is 0.274 e. The van der Waals surface area contributed by atoms with Crippen molar-refractivity contribution < 1.29 is 4.79 Å². The molecule has 0 aliphatic rings. The van der Waals surface area contributed by atoms with Crippen LogP contribution < -0.4 is 10.6 Å². The summed E-state index contributed by atoms with van der Waals surface area (Å²) in [7, 11) is 1.80. The lowest BCUT2D eigenvalue weighted by Crippen LogP contribution is -2.28. The number of benzene rings is 1. The Morgan fingerprint density at radius 3 is 2.38 bits per heavy atom. The molecule has 1 amide bonds. The summed E-state index contributed by atoms with van der Waals surface area (Å²) >= 11 is 0. The molecule has 0 spiro atoms. The molecule has 2 N–H and O–H groups in total. The number of nitrogens with two attached hydrogens (primary N) is 1. The van der Waals surface area contributed by atoms with Crippen LogP contribution in [0.25, 0.3) is 0 Å². The van der Waals surface area contributed by atoms with Crippen LogP contribution in [-0.4, -0.2) is 17.5 Å². The molecule has 0 saturated heterocycles. The third-order valence-electron chi connectivity index (χ3n) is 3.50. The standard InChI is InChI=1S/C17H23N3O/c1-5-6-20-11-14(18)10-16(20)17(21)19(4)15-8-12(2)7-13(3)9-15/h7-11H,5-6,18H2,1-4H3. The molecule has 0 bridgehead atoms. The average molecular weight is 285 g/mol. The molecule has 1 aromatic carbocycles. The van der Waals surface area contributed by atoms with Gasteiger partial charge in [-0.2, -0.15) is 0 Å². The first-order chi connectivity index (χ1) is 9.92. The number of aromatic nitrogens is 1. The molecule has 0 atom stereocenters. The Hall–Kier alpha value is -2.23. The number of anilines is 2. The molecule has 1 heterocycles. The smallest absolute Gasteiger partial charge is 0.274 e. The first kappa shape index (κ1) is 15.2. The number of carbonyl (C=O) groups excluding carboxylic acids is 1. The van der Waals surface area contributed by atoms with E-state index in [-0.39, 0.29) is 5.91 Å². The Kier molecular flexibility index (Phi) is 4.36. The summed E-state index contributed by atoms with van der Waals surface area (Å²) in [6.45, 7) is 6.94. The van der Waals surface area contributed by atoms with Gasteiger partial charge >= 0.3 is 0 Å². The maximum absolute atomic E-state index is 12.7. The summed E-state index contributed by atoms with van der Waals surface area (Å²) in [4.78, 5) is 14.4. The van der Waals surface area contributed by atoms with E-state index in [1.165, 1.54) is 0 Å². The number of nitrogen functional groups attached to an aromatic ring is 1. The van der Waals surface area contributed by atoms with Crippen LogP contribution in [0.3, 0.4) is 0 Å². The van der Waals surface area contributed by atoms with Crippen molar-refractivity contribution in [3.05, 3.63) is 47.3 Å². The number of hydrogen-bond acceptors (Lipinski definition) is 2. The minimum Gasteiger partial charge on any atom is -0.397 e. The monoisotopic (exact) mass is 285 g/mol. The zero-order chi connectivity index (χ0) is 15.6. The van der Waals surface area contributed by atoms with Crippen molar-refractivity contribution in [1.29, 1.82) is 0 Å². The molecule has 4 heteroatoms. The largest absolute Gasteiger partial charge is 0.397 e. The van der Waals surface area contributed by atoms with E-state index in [4.69, 9.17) is 5.73 Å². The first-order valence-corrected chi connectivity index (χ1v) is 7.24. The molecule has 2 aromatic rings. The van der Waals surface area contributed by atoms with Gasteiger partial charge < -0.3 is 15.2 Å². The van der Waals surface area contributed by atoms with Gasteiger partial charge in [0, 0.05) is 25.5 Å². The molecule has 0 aliphatic heterocycles. The number of nitrogens with zero attached hydrogens (tertiary/aromatic N) is 2. The predicted octanol–water partition coefficient (Wildman–Crippen LogP) is 3.37. The number of hydrogen-bond donors (Lipinski definition) is 1. The molecule has 21 heavy (non-hydrogen) atoms. The molecule has 0 saturated carbocycles. The van der Waals surface area contributed by atoms with Gasteiger partial charge in [-0.25, -0.2) is 0 Å². The molecular weight excluding hydrogens is 262 g/mol. The van der Waals surface area contributed by atoms with Crippen LogP contribution in [-0.2, 0) is 6.54 Å². The van der Waals surface area contributed by atoms with Gasteiger partial charge in [0.15, 0.2) is 0 Å². The molecule has 2 rings (SSSR count). The molecule has 4 nitrogen and oxygen atoms in total. The molecular formula is C17H23N3O. The zero-order valence-corrected chi connectivity index (χ0v) is 13.2. The maximum atomic E-state index is 12.7. The lowest BCUT2D eigenvalue weighted by Gasteiger charge is -2.19. The summed E-state index contributed by atoms with van der Waals surface area (Å²) in [6.07, 6.45) is 2.79. The topological polar surface area (TPSA) is 51.3 Å². The van der Waals surface area contributed by atoms with Gasteiger partial charge in [0.25, 0.3) is 5.91 Å². The Morgan fingerprint density at radius 2 is 1.81 bits per heavy atom. The summed E-state index contributed by atoms with van der Waals surface area (Å²) in [5, 5.41) is 0. The fourth-order valence-corrected chi connectivity index (χ4v) is 2.57. The Morgan fingerprint density at radius 1 is 1.19 bits per heavy atom. The van der Waals surface area contributed by atoms with E-state index in [0.717, 1.165) is 29.8 Å². The van der Waals surface area contributed by atoms with Crippen molar-refractivity contribution in [3.63, 3.8) is 0 Å². The minimum atomic E-state index is -0.0369. The van der Waals surface area contributed by atoms with Crippen LogP contribution in [0.1, 0.15) is 35.0 Å². The van der Waals surface area contributed by atoms with Crippen LogP contribution in [0, 0.1) is 13.8 Å². The first-order valence-electron chi connectivity index (χ1n) is 7.24. The van der Waals surface area contributed by atoms with E-state index in [1.807, 2.05) is 36.7 Å². The number of rotatable bonds is 4. The van der Waals surface area contributed by atoms with Crippen molar-refractivity contribution in [2.45, 2.75) is 33.7 Å². The second kappa shape index (κ2) is 6.04. The van der Waals surface area contributed by atoms with Gasteiger partial charge in [-0.1, -0.05) is 13.0 Å². The van der Waals surface area contributed by atoms with Crippen LogP contribution in [0.4, 0.5) is 11.4 Å².